The van der Waals surface area contributed by atoms with Gasteiger partial charge >= 0.3 is 0 Å². The molecule has 1 aliphatic heterocycles. The van der Waals surface area contributed by atoms with Gasteiger partial charge in [0.05, 0.1) is 0 Å². The van der Waals surface area contributed by atoms with E-state index in [0.29, 0.717) is 6.04 Å². The van der Waals surface area contributed by atoms with Gasteiger partial charge in [-0.3, -0.25) is 0 Å². The van der Waals surface area contributed by atoms with Crippen LogP contribution in [0.3, 0.4) is 0 Å². The van der Waals surface area contributed by atoms with Crippen LogP contribution in [0.25, 0.3) is 0 Å². The molecule has 0 aromatic heterocycles. The molecule has 1 radical (unpaired) electrons. The first-order valence-corrected chi connectivity index (χ1v) is 3.54. The quantitative estimate of drug-likeness (QED) is 0.517. The molecule has 10 heavy (non-hydrogen) atoms. The molecule has 0 aromatic carbocycles. The largest absolute Gasteiger partial charge is 0.341 e. The summed E-state index contributed by atoms with van der Waals surface area (Å²) in [6, 6.07) is 0.711. The molecule has 1 heterocycles. The Morgan fingerprint density at radius 3 is 2.80 bits per heavy atom. The maximum Gasteiger partial charge on any atom is 0.225 e. The number of guanidine groups is 1. The molecule has 0 N–H and O–H groups in total. The van der Waals surface area contributed by atoms with Crippen LogP contribution >= 0.6 is 0 Å². The van der Waals surface area contributed by atoms with E-state index >= 15 is 0 Å². The van der Waals surface area contributed by atoms with Gasteiger partial charge in [-0.05, 0) is 12.8 Å². The first-order chi connectivity index (χ1) is 4.88. The molecule has 0 saturated heterocycles. The fraction of sp³-hybridized carbons (Fsp3) is 0.571. The third-order valence-electron chi connectivity index (χ3n) is 1.86. The number of nitrogens with zero attached hydrogens (tertiary/aromatic N) is 3. The van der Waals surface area contributed by atoms with E-state index in [2.05, 4.69) is 15.2 Å². The van der Waals surface area contributed by atoms with Crippen molar-refractivity contribution in [2.45, 2.75) is 18.9 Å². The Morgan fingerprint density at radius 2 is 2.30 bits per heavy atom. The molecular formula is C7H10N3. The molecule has 53 valence electrons. The Balaban J connectivity index is 1.98. The van der Waals surface area contributed by atoms with E-state index in [1.165, 1.54) is 12.8 Å². The summed E-state index contributed by atoms with van der Waals surface area (Å²) >= 11 is 0. The van der Waals surface area contributed by atoms with Crippen LogP contribution in [0, 0.1) is 0 Å². The van der Waals surface area contributed by atoms with E-state index < -0.39 is 0 Å². The zero-order valence-electron chi connectivity index (χ0n) is 5.99. The first-order valence-electron chi connectivity index (χ1n) is 3.54. The van der Waals surface area contributed by atoms with Crippen molar-refractivity contribution in [3.8, 4) is 0 Å². The zero-order valence-corrected chi connectivity index (χ0v) is 5.99. The normalized spacial score (nSPS) is 22.3. The molecule has 0 spiro atoms. The molecule has 1 saturated carbocycles. The van der Waals surface area contributed by atoms with Gasteiger partial charge in [-0.15, -0.1) is 0 Å². The first kappa shape index (κ1) is 5.77. The van der Waals surface area contributed by atoms with Crippen molar-refractivity contribution < 1.29 is 0 Å². The molecule has 2 rings (SSSR count). The average Bonchev–Trinajstić information content (AvgIpc) is 2.65. The zero-order chi connectivity index (χ0) is 6.97. The number of rotatable bonds is 1. The van der Waals surface area contributed by atoms with Gasteiger partial charge in [0, 0.05) is 25.5 Å². The molecule has 3 nitrogen and oxygen atoms in total. The summed E-state index contributed by atoms with van der Waals surface area (Å²) < 4.78 is 0. The van der Waals surface area contributed by atoms with Gasteiger partial charge in [-0.25, -0.2) is 10.3 Å². The molecule has 0 aromatic rings. The smallest absolute Gasteiger partial charge is 0.225 e. The SMILES string of the molecule is CN(C1=NC=C[N]1)C1CC1. The molecule has 1 fully saturated rings. The molecular weight excluding hydrogens is 126 g/mol. The summed E-state index contributed by atoms with van der Waals surface area (Å²) in [5.41, 5.74) is 0. The number of hydrogen-bond acceptors (Lipinski definition) is 2. The van der Waals surface area contributed by atoms with Crippen LogP contribution in [0.15, 0.2) is 17.4 Å². The van der Waals surface area contributed by atoms with Crippen LogP contribution in [0.2, 0.25) is 0 Å². The topological polar surface area (TPSA) is 29.7 Å². The highest BCUT2D eigenvalue weighted by atomic mass is 15.3. The molecule has 0 bridgehead atoms. The van der Waals surface area contributed by atoms with Crippen molar-refractivity contribution in [1.82, 2.24) is 10.2 Å². The second kappa shape index (κ2) is 2.01. The maximum absolute atomic E-state index is 4.09. The van der Waals surface area contributed by atoms with Crippen LogP contribution in [0.1, 0.15) is 12.8 Å². The van der Waals surface area contributed by atoms with Crippen LogP contribution in [-0.4, -0.2) is 23.9 Å². The molecule has 1 aliphatic carbocycles. The highest BCUT2D eigenvalue weighted by molar-refractivity contribution is 5.83. The molecule has 0 amide bonds. The summed E-state index contributed by atoms with van der Waals surface area (Å²) in [6.45, 7) is 0. The van der Waals surface area contributed by atoms with Gasteiger partial charge in [-0.1, -0.05) is 0 Å². The van der Waals surface area contributed by atoms with Crippen molar-refractivity contribution in [3.63, 3.8) is 0 Å². The highest BCUT2D eigenvalue weighted by Gasteiger charge is 2.29. The average molecular weight is 136 g/mol. The standard InChI is InChI=1S/C7H10N3/c1-10(6-2-3-6)7-8-4-5-9-7/h4-6H,2-3H2,1H3. The van der Waals surface area contributed by atoms with Crippen molar-refractivity contribution >= 4 is 5.96 Å². The minimum Gasteiger partial charge on any atom is -0.341 e. The number of aliphatic imine (C=N–C) groups is 1. The van der Waals surface area contributed by atoms with Crippen molar-refractivity contribution in [2.24, 2.45) is 4.99 Å². The lowest BCUT2D eigenvalue weighted by Crippen LogP contribution is -2.32. The molecule has 3 heteroatoms. The molecule has 0 atom stereocenters. The van der Waals surface area contributed by atoms with Gasteiger partial charge < -0.3 is 4.90 Å². The van der Waals surface area contributed by atoms with E-state index in [1.807, 2.05) is 7.05 Å². The Bertz CT molecular complexity index is 191. The summed E-state index contributed by atoms with van der Waals surface area (Å²) in [6.07, 6.45) is 6.05. The van der Waals surface area contributed by atoms with Crippen molar-refractivity contribution in [3.05, 3.63) is 12.4 Å². The monoisotopic (exact) mass is 136 g/mol. The predicted molar refractivity (Wildman–Crippen MR) is 39.5 cm³/mol. The van der Waals surface area contributed by atoms with Crippen molar-refractivity contribution in [2.75, 3.05) is 7.05 Å². The van der Waals surface area contributed by atoms with Gasteiger partial charge in [0.1, 0.15) is 0 Å². The second-order valence-corrected chi connectivity index (χ2v) is 2.70. The van der Waals surface area contributed by atoms with E-state index in [4.69, 9.17) is 0 Å². The van der Waals surface area contributed by atoms with Gasteiger partial charge in [0.15, 0.2) is 0 Å². The van der Waals surface area contributed by atoms with Gasteiger partial charge in [0.2, 0.25) is 5.96 Å². The van der Waals surface area contributed by atoms with E-state index in [-0.39, 0.29) is 0 Å². The summed E-state index contributed by atoms with van der Waals surface area (Å²) in [5.74, 6) is 0.863. The van der Waals surface area contributed by atoms with E-state index in [9.17, 15) is 0 Å². The summed E-state index contributed by atoms with van der Waals surface area (Å²) in [4.78, 5) is 6.23. The predicted octanol–water partition coefficient (Wildman–Crippen LogP) is 0.526. The van der Waals surface area contributed by atoms with Gasteiger partial charge in [0.25, 0.3) is 0 Å². The number of hydrogen-bond donors (Lipinski definition) is 0. The summed E-state index contributed by atoms with van der Waals surface area (Å²) in [7, 11) is 2.05. The summed E-state index contributed by atoms with van der Waals surface area (Å²) in [5, 5.41) is 4.09. The minimum absolute atomic E-state index is 0.711. The van der Waals surface area contributed by atoms with Crippen LogP contribution < -0.4 is 5.32 Å². The van der Waals surface area contributed by atoms with Crippen molar-refractivity contribution in [1.29, 1.82) is 0 Å². The lowest BCUT2D eigenvalue weighted by atomic mass is 10.6. The van der Waals surface area contributed by atoms with Crippen LogP contribution in [0.5, 0.6) is 0 Å². The lowest BCUT2D eigenvalue weighted by molar-refractivity contribution is 0.483. The maximum atomic E-state index is 4.09. The Labute approximate surface area is 60.4 Å². The second-order valence-electron chi connectivity index (χ2n) is 2.70. The highest BCUT2D eigenvalue weighted by Crippen LogP contribution is 2.25. The Hall–Kier alpha value is -0.990. The van der Waals surface area contributed by atoms with Crippen LogP contribution in [0.4, 0.5) is 0 Å². The fourth-order valence-corrected chi connectivity index (χ4v) is 1.04. The molecule has 0 unspecified atom stereocenters. The third kappa shape index (κ3) is 0.875. The van der Waals surface area contributed by atoms with E-state index in [1.54, 1.807) is 12.4 Å². The fourth-order valence-electron chi connectivity index (χ4n) is 1.04. The minimum atomic E-state index is 0.711. The Kier molecular flexibility index (Phi) is 1.16. The Morgan fingerprint density at radius 1 is 1.50 bits per heavy atom. The molecule has 2 aliphatic rings. The third-order valence-corrected chi connectivity index (χ3v) is 1.86. The lowest BCUT2D eigenvalue weighted by Gasteiger charge is -2.15. The van der Waals surface area contributed by atoms with E-state index in [0.717, 1.165) is 5.96 Å². The van der Waals surface area contributed by atoms with Gasteiger partial charge in [-0.2, -0.15) is 0 Å². The van der Waals surface area contributed by atoms with Crippen LogP contribution in [-0.2, 0) is 0 Å².